The molecular weight excluding hydrogens is 190 g/mol. The number of carboxylic acids is 1. The van der Waals surface area contributed by atoms with E-state index in [9.17, 15) is 4.79 Å². The minimum absolute atomic E-state index is 0.347. The molecular formula is C12H23NO2. The van der Waals surface area contributed by atoms with Crippen LogP contribution in [-0.4, -0.2) is 23.2 Å². The van der Waals surface area contributed by atoms with Gasteiger partial charge < -0.3 is 10.4 Å². The maximum atomic E-state index is 11.0. The van der Waals surface area contributed by atoms with E-state index in [4.69, 9.17) is 5.11 Å². The van der Waals surface area contributed by atoms with Gasteiger partial charge in [-0.25, -0.2) is 0 Å². The van der Waals surface area contributed by atoms with Crippen molar-refractivity contribution in [3.63, 3.8) is 0 Å². The van der Waals surface area contributed by atoms with Gasteiger partial charge in [0.2, 0.25) is 0 Å². The van der Waals surface area contributed by atoms with Crippen molar-refractivity contribution in [2.75, 3.05) is 0 Å². The molecule has 0 spiro atoms. The monoisotopic (exact) mass is 213 g/mol. The van der Waals surface area contributed by atoms with Crippen LogP contribution in [0.1, 0.15) is 52.4 Å². The minimum atomic E-state index is -0.699. The summed E-state index contributed by atoms with van der Waals surface area (Å²) in [4.78, 5) is 11.0. The second-order valence-electron chi connectivity index (χ2n) is 4.68. The van der Waals surface area contributed by atoms with E-state index in [2.05, 4.69) is 19.2 Å². The van der Waals surface area contributed by atoms with Crippen molar-refractivity contribution in [1.29, 1.82) is 0 Å². The van der Waals surface area contributed by atoms with Gasteiger partial charge in [0.05, 0.1) is 0 Å². The first-order chi connectivity index (χ1) is 7.15. The van der Waals surface area contributed by atoms with Crippen molar-refractivity contribution in [3.8, 4) is 0 Å². The first kappa shape index (κ1) is 12.5. The number of unbranched alkanes of at least 4 members (excludes halogenated alkanes) is 1. The number of hydrogen-bond donors (Lipinski definition) is 2. The maximum Gasteiger partial charge on any atom is 0.320 e. The lowest BCUT2D eigenvalue weighted by Gasteiger charge is -2.33. The molecule has 1 saturated carbocycles. The minimum Gasteiger partial charge on any atom is -0.480 e. The first-order valence-electron chi connectivity index (χ1n) is 6.14. The van der Waals surface area contributed by atoms with Gasteiger partial charge in [0.25, 0.3) is 0 Å². The number of aliphatic carboxylic acids is 1. The van der Waals surface area contributed by atoms with Crippen LogP contribution in [0, 0.1) is 5.92 Å². The fourth-order valence-corrected chi connectivity index (χ4v) is 2.08. The molecule has 0 aromatic heterocycles. The number of nitrogens with one attached hydrogen (secondary N) is 1. The third kappa shape index (κ3) is 3.82. The number of carbonyl (C=O) groups is 1. The van der Waals surface area contributed by atoms with Gasteiger partial charge in [-0.05, 0) is 32.1 Å². The highest BCUT2D eigenvalue weighted by molar-refractivity contribution is 5.73. The summed E-state index contributed by atoms with van der Waals surface area (Å²) in [6.45, 7) is 4.21. The van der Waals surface area contributed by atoms with Crippen LogP contribution in [0.2, 0.25) is 0 Å². The van der Waals surface area contributed by atoms with E-state index >= 15 is 0 Å². The highest BCUT2D eigenvalue weighted by Crippen LogP contribution is 2.29. The summed E-state index contributed by atoms with van der Waals surface area (Å²) in [5.74, 6) is 0.00287. The molecule has 0 aliphatic heterocycles. The lowest BCUT2D eigenvalue weighted by atomic mass is 9.80. The van der Waals surface area contributed by atoms with Gasteiger partial charge in [0.1, 0.15) is 6.04 Å². The largest absolute Gasteiger partial charge is 0.480 e. The molecule has 1 rings (SSSR count). The molecule has 0 aromatic carbocycles. The molecule has 0 saturated heterocycles. The summed E-state index contributed by atoms with van der Waals surface area (Å²) in [7, 11) is 0. The fourth-order valence-electron chi connectivity index (χ4n) is 2.08. The van der Waals surface area contributed by atoms with Crippen molar-refractivity contribution >= 4 is 5.97 Å². The van der Waals surface area contributed by atoms with Crippen molar-refractivity contribution in [1.82, 2.24) is 5.32 Å². The van der Waals surface area contributed by atoms with E-state index in [1.54, 1.807) is 0 Å². The molecule has 0 aromatic rings. The van der Waals surface area contributed by atoms with E-state index in [1.807, 2.05) is 0 Å². The van der Waals surface area contributed by atoms with Gasteiger partial charge in [-0.1, -0.05) is 26.2 Å². The number of carboxylic acid groups (broad SMARTS) is 1. The Morgan fingerprint density at radius 1 is 1.53 bits per heavy atom. The topological polar surface area (TPSA) is 49.3 Å². The standard InChI is InChI=1S/C12H23NO2/c1-3-4-8-11(12(14)15)13-9(2)10-6-5-7-10/h9-11,13H,3-8H2,1-2H3,(H,14,15)/t9?,11-/m0/s1. The van der Waals surface area contributed by atoms with Gasteiger partial charge in [-0.3, -0.25) is 4.79 Å². The summed E-state index contributed by atoms with van der Waals surface area (Å²) in [6, 6.07) is 0.0113. The number of hydrogen-bond acceptors (Lipinski definition) is 2. The first-order valence-corrected chi connectivity index (χ1v) is 6.14. The average molecular weight is 213 g/mol. The van der Waals surface area contributed by atoms with Gasteiger partial charge in [-0.2, -0.15) is 0 Å². The third-order valence-corrected chi connectivity index (χ3v) is 3.47. The summed E-state index contributed by atoms with van der Waals surface area (Å²) >= 11 is 0. The highest BCUT2D eigenvalue weighted by atomic mass is 16.4. The van der Waals surface area contributed by atoms with Gasteiger partial charge in [-0.15, -0.1) is 0 Å². The Bertz CT molecular complexity index is 202. The lowest BCUT2D eigenvalue weighted by Crippen LogP contribution is -2.46. The molecule has 88 valence electrons. The van der Waals surface area contributed by atoms with E-state index in [0.717, 1.165) is 19.3 Å². The Labute approximate surface area is 92.3 Å². The van der Waals surface area contributed by atoms with E-state index in [0.29, 0.717) is 12.0 Å². The molecule has 2 N–H and O–H groups in total. The summed E-state index contributed by atoms with van der Waals surface area (Å²) in [6.07, 6.45) is 6.62. The molecule has 0 heterocycles. The smallest absolute Gasteiger partial charge is 0.320 e. The van der Waals surface area contributed by atoms with Gasteiger partial charge >= 0.3 is 5.97 Å². The SMILES string of the molecule is CCCC[C@H](NC(C)C1CCC1)C(=O)O. The maximum absolute atomic E-state index is 11.0. The normalized spacial score (nSPS) is 20.7. The molecule has 0 amide bonds. The summed E-state index contributed by atoms with van der Waals surface area (Å²) < 4.78 is 0. The Balaban J connectivity index is 2.31. The molecule has 3 heteroatoms. The van der Waals surface area contributed by atoms with Crippen LogP contribution in [0.4, 0.5) is 0 Å². The molecule has 2 atom stereocenters. The van der Waals surface area contributed by atoms with Crippen LogP contribution >= 0.6 is 0 Å². The van der Waals surface area contributed by atoms with Crippen LogP contribution in [0.5, 0.6) is 0 Å². The van der Waals surface area contributed by atoms with Crippen LogP contribution < -0.4 is 5.32 Å². The molecule has 0 bridgehead atoms. The summed E-state index contributed by atoms with van der Waals surface area (Å²) in [5, 5.41) is 12.3. The lowest BCUT2D eigenvalue weighted by molar-refractivity contribution is -0.140. The molecule has 0 radical (unpaired) electrons. The Hall–Kier alpha value is -0.570. The zero-order valence-electron chi connectivity index (χ0n) is 9.83. The zero-order chi connectivity index (χ0) is 11.3. The second-order valence-corrected chi connectivity index (χ2v) is 4.68. The van der Waals surface area contributed by atoms with Gasteiger partial charge in [0, 0.05) is 6.04 Å². The predicted octanol–water partition coefficient (Wildman–Crippen LogP) is 2.41. The van der Waals surface area contributed by atoms with Crippen molar-refractivity contribution in [2.24, 2.45) is 5.92 Å². The zero-order valence-corrected chi connectivity index (χ0v) is 9.83. The predicted molar refractivity (Wildman–Crippen MR) is 60.9 cm³/mol. The fraction of sp³-hybridized carbons (Fsp3) is 0.917. The molecule has 1 unspecified atom stereocenters. The number of rotatable bonds is 7. The highest BCUT2D eigenvalue weighted by Gasteiger charge is 2.27. The van der Waals surface area contributed by atoms with Crippen molar-refractivity contribution in [3.05, 3.63) is 0 Å². The van der Waals surface area contributed by atoms with E-state index < -0.39 is 5.97 Å². The van der Waals surface area contributed by atoms with Crippen LogP contribution in [0.15, 0.2) is 0 Å². The molecule has 3 nitrogen and oxygen atoms in total. The van der Waals surface area contributed by atoms with Crippen molar-refractivity contribution < 1.29 is 9.90 Å². The van der Waals surface area contributed by atoms with Gasteiger partial charge in [0.15, 0.2) is 0 Å². The molecule has 1 fully saturated rings. The Morgan fingerprint density at radius 3 is 2.60 bits per heavy atom. The molecule has 1 aliphatic carbocycles. The Morgan fingerprint density at radius 2 is 2.20 bits per heavy atom. The Kier molecular flexibility index (Phi) is 5.09. The second kappa shape index (κ2) is 6.11. The van der Waals surface area contributed by atoms with Crippen molar-refractivity contribution in [2.45, 2.75) is 64.5 Å². The third-order valence-electron chi connectivity index (χ3n) is 3.47. The van der Waals surface area contributed by atoms with E-state index in [-0.39, 0.29) is 6.04 Å². The molecule has 1 aliphatic rings. The van der Waals surface area contributed by atoms with Crippen LogP contribution in [-0.2, 0) is 4.79 Å². The molecule has 15 heavy (non-hydrogen) atoms. The van der Waals surface area contributed by atoms with Crippen LogP contribution in [0.3, 0.4) is 0 Å². The van der Waals surface area contributed by atoms with E-state index in [1.165, 1.54) is 19.3 Å². The van der Waals surface area contributed by atoms with Crippen LogP contribution in [0.25, 0.3) is 0 Å². The quantitative estimate of drug-likeness (QED) is 0.682. The average Bonchev–Trinajstić information content (AvgIpc) is 2.08. The summed E-state index contributed by atoms with van der Waals surface area (Å²) in [5.41, 5.74) is 0.